The molecule has 8 nitrogen and oxygen atoms in total. The molecule has 0 aromatic heterocycles. The van der Waals surface area contributed by atoms with Crippen LogP contribution in [-0.2, 0) is 14.8 Å². The van der Waals surface area contributed by atoms with Crippen LogP contribution in [0.15, 0.2) is 77.7 Å². The van der Waals surface area contributed by atoms with Crippen molar-refractivity contribution in [3.8, 4) is 5.75 Å². The molecule has 36 heavy (non-hydrogen) atoms. The smallest absolute Gasteiger partial charge is 0.264 e. The van der Waals surface area contributed by atoms with Gasteiger partial charge in [0.05, 0.1) is 28.9 Å². The van der Waals surface area contributed by atoms with E-state index in [4.69, 9.17) is 4.74 Å². The highest BCUT2D eigenvalue weighted by Gasteiger charge is 2.29. The summed E-state index contributed by atoms with van der Waals surface area (Å²) in [6.45, 7) is 5.17. The number of nitrogens with one attached hydrogen (secondary N) is 2. The molecule has 3 rings (SSSR count). The molecule has 0 aliphatic heterocycles. The van der Waals surface area contributed by atoms with Crippen molar-refractivity contribution in [2.75, 3.05) is 23.3 Å². The lowest BCUT2D eigenvalue weighted by Gasteiger charge is -2.26. The Kier molecular flexibility index (Phi) is 8.71. The van der Waals surface area contributed by atoms with E-state index >= 15 is 0 Å². The quantitative estimate of drug-likeness (QED) is 0.422. The first-order valence-corrected chi connectivity index (χ1v) is 13.0. The van der Waals surface area contributed by atoms with Gasteiger partial charge in [-0.05, 0) is 56.7 Å². The third-order valence-corrected chi connectivity index (χ3v) is 7.46. The van der Waals surface area contributed by atoms with E-state index in [2.05, 4.69) is 10.6 Å². The van der Waals surface area contributed by atoms with Crippen molar-refractivity contribution >= 4 is 33.2 Å². The van der Waals surface area contributed by atoms with Crippen molar-refractivity contribution in [2.45, 2.75) is 38.1 Å². The maximum atomic E-state index is 13.7. The lowest BCUT2D eigenvalue weighted by molar-refractivity contribution is -0.114. The van der Waals surface area contributed by atoms with Crippen LogP contribution < -0.4 is 19.7 Å². The average Bonchev–Trinajstić information content (AvgIpc) is 2.87. The highest BCUT2D eigenvalue weighted by Crippen LogP contribution is 2.32. The molecule has 3 aromatic carbocycles. The zero-order valence-corrected chi connectivity index (χ0v) is 21.6. The van der Waals surface area contributed by atoms with Gasteiger partial charge in [-0.3, -0.25) is 13.9 Å². The number of methoxy groups -OCH3 is 1. The average molecular weight is 510 g/mol. The third kappa shape index (κ3) is 6.23. The molecule has 190 valence electrons. The molecule has 3 aromatic rings. The highest BCUT2D eigenvalue weighted by atomic mass is 32.2. The minimum atomic E-state index is -4.12. The van der Waals surface area contributed by atoms with Crippen LogP contribution in [0.25, 0.3) is 0 Å². The zero-order valence-electron chi connectivity index (χ0n) is 20.8. The van der Waals surface area contributed by atoms with Gasteiger partial charge >= 0.3 is 0 Å². The van der Waals surface area contributed by atoms with E-state index in [1.807, 2.05) is 20.8 Å². The number of amides is 2. The SMILES string of the molecule is CC[C@H](C)NC(=O)c1ccccc1NC(=O)CN(c1ccccc1OC)S(=O)(=O)c1ccc(C)cc1. The van der Waals surface area contributed by atoms with Gasteiger partial charge in [0.15, 0.2) is 0 Å². The predicted molar refractivity (Wildman–Crippen MR) is 141 cm³/mol. The molecule has 0 unspecified atom stereocenters. The van der Waals surface area contributed by atoms with Crippen molar-refractivity contribution in [3.63, 3.8) is 0 Å². The second-order valence-electron chi connectivity index (χ2n) is 8.37. The van der Waals surface area contributed by atoms with Gasteiger partial charge in [-0.15, -0.1) is 0 Å². The number of para-hydroxylation sites is 3. The number of nitrogens with zero attached hydrogens (tertiary/aromatic N) is 1. The minimum absolute atomic E-state index is 0.0399. The van der Waals surface area contributed by atoms with E-state index < -0.39 is 22.5 Å². The molecule has 9 heteroatoms. The van der Waals surface area contributed by atoms with E-state index in [9.17, 15) is 18.0 Å². The van der Waals surface area contributed by atoms with Crippen LogP contribution in [-0.4, -0.2) is 39.9 Å². The van der Waals surface area contributed by atoms with Crippen molar-refractivity contribution in [1.82, 2.24) is 5.32 Å². The molecular weight excluding hydrogens is 478 g/mol. The summed E-state index contributed by atoms with van der Waals surface area (Å²) in [5, 5.41) is 5.58. The Morgan fingerprint density at radius 3 is 2.28 bits per heavy atom. The fraction of sp³-hybridized carbons (Fsp3) is 0.259. The molecule has 0 saturated heterocycles. The Labute approximate surface area is 212 Å². The Balaban J connectivity index is 1.95. The highest BCUT2D eigenvalue weighted by molar-refractivity contribution is 7.92. The second-order valence-corrected chi connectivity index (χ2v) is 10.2. The van der Waals surface area contributed by atoms with Gasteiger partial charge in [-0.25, -0.2) is 8.42 Å². The van der Waals surface area contributed by atoms with E-state index in [0.717, 1.165) is 16.3 Å². The first kappa shape index (κ1) is 26.7. The Bertz CT molecular complexity index is 1320. The molecule has 0 spiro atoms. The van der Waals surface area contributed by atoms with E-state index in [-0.39, 0.29) is 33.8 Å². The van der Waals surface area contributed by atoms with Crippen molar-refractivity contribution < 1.29 is 22.7 Å². The molecule has 2 N–H and O–H groups in total. The molecule has 0 aliphatic carbocycles. The number of rotatable bonds is 10. The molecule has 0 fully saturated rings. The molecule has 0 saturated carbocycles. The summed E-state index contributed by atoms with van der Waals surface area (Å²) in [5.74, 6) is -0.635. The number of hydrogen-bond donors (Lipinski definition) is 2. The second kappa shape index (κ2) is 11.7. The summed E-state index contributed by atoms with van der Waals surface area (Å²) in [4.78, 5) is 26.0. The first-order chi connectivity index (χ1) is 17.2. The third-order valence-electron chi connectivity index (χ3n) is 5.69. The zero-order chi connectivity index (χ0) is 26.3. The Morgan fingerprint density at radius 1 is 0.972 bits per heavy atom. The van der Waals surface area contributed by atoms with Crippen LogP contribution in [0, 0.1) is 6.92 Å². The standard InChI is InChI=1S/C27H31N3O5S/c1-5-20(3)28-27(32)22-10-6-7-11-23(22)29-26(31)18-30(24-12-8-9-13-25(24)35-4)36(33,34)21-16-14-19(2)15-17-21/h6-17,20H,5,18H2,1-4H3,(H,28,32)(H,29,31)/t20-/m0/s1. The van der Waals surface area contributed by atoms with Crippen LogP contribution >= 0.6 is 0 Å². The number of ether oxygens (including phenoxy) is 1. The van der Waals surface area contributed by atoms with Gasteiger partial charge in [0.2, 0.25) is 5.91 Å². The van der Waals surface area contributed by atoms with Crippen LogP contribution in [0.5, 0.6) is 5.75 Å². The van der Waals surface area contributed by atoms with Gasteiger partial charge < -0.3 is 15.4 Å². The number of sulfonamides is 1. The Morgan fingerprint density at radius 2 is 1.61 bits per heavy atom. The number of aryl methyl sites for hydroxylation is 1. The van der Waals surface area contributed by atoms with E-state index in [0.29, 0.717) is 5.75 Å². The van der Waals surface area contributed by atoms with Crippen molar-refractivity contribution in [3.05, 3.63) is 83.9 Å². The summed E-state index contributed by atoms with van der Waals surface area (Å²) < 4.78 is 33.7. The summed E-state index contributed by atoms with van der Waals surface area (Å²) in [6, 6.07) is 19.5. The molecule has 2 amide bonds. The van der Waals surface area contributed by atoms with Crippen LogP contribution in [0.2, 0.25) is 0 Å². The van der Waals surface area contributed by atoms with Crippen LogP contribution in [0.1, 0.15) is 36.2 Å². The molecular formula is C27H31N3O5S. The summed E-state index contributed by atoms with van der Waals surface area (Å²) >= 11 is 0. The number of hydrogen-bond acceptors (Lipinski definition) is 5. The number of carbonyl (C=O) groups is 2. The number of benzene rings is 3. The molecule has 0 heterocycles. The van der Waals surface area contributed by atoms with Gasteiger partial charge in [-0.2, -0.15) is 0 Å². The van der Waals surface area contributed by atoms with Crippen LogP contribution in [0.3, 0.4) is 0 Å². The largest absolute Gasteiger partial charge is 0.495 e. The maximum absolute atomic E-state index is 13.7. The summed E-state index contributed by atoms with van der Waals surface area (Å²) in [5.41, 5.74) is 1.70. The van der Waals surface area contributed by atoms with Crippen molar-refractivity contribution in [2.24, 2.45) is 0 Å². The van der Waals surface area contributed by atoms with E-state index in [1.165, 1.54) is 19.2 Å². The normalized spacial score (nSPS) is 11.9. The van der Waals surface area contributed by atoms with E-state index in [1.54, 1.807) is 60.7 Å². The van der Waals surface area contributed by atoms with Gasteiger partial charge in [-0.1, -0.05) is 48.9 Å². The van der Waals surface area contributed by atoms with Gasteiger partial charge in [0.25, 0.3) is 15.9 Å². The lowest BCUT2D eigenvalue weighted by atomic mass is 10.1. The first-order valence-electron chi connectivity index (χ1n) is 11.6. The predicted octanol–water partition coefficient (Wildman–Crippen LogP) is 4.37. The van der Waals surface area contributed by atoms with Gasteiger partial charge in [0, 0.05) is 6.04 Å². The topological polar surface area (TPSA) is 105 Å². The lowest BCUT2D eigenvalue weighted by Crippen LogP contribution is -2.39. The molecule has 0 aliphatic rings. The minimum Gasteiger partial charge on any atom is -0.495 e. The summed E-state index contributed by atoms with van der Waals surface area (Å²) in [6.07, 6.45) is 0.755. The fourth-order valence-corrected chi connectivity index (χ4v) is 4.92. The maximum Gasteiger partial charge on any atom is 0.264 e. The monoisotopic (exact) mass is 509 g/mol. The number of anilines is 2. The Hall–Kier alpha value is -3.85. The molecule has 1 atom stereocenters. The van der Waals surface area contributed by atoms with Crippen LogP contribution in [0.4, 0.5) is 11.4 Å². The summed E-state index contributed by atoms with van der Waals surface area (Å²) in [7, 11) is -2.69. The van der Waals surface area contributed by atoms with Gasteiger partial charge in [0.1, 0.15) is 12.3 Å². The molecule has 0 radical (unpaired) electrons. The fourth-order valence-electron chi connectivity index (χ4n) is 3.49. The molecule has 0 bridgehead atoms. The number of carbonyl (C=O) groups excluding carboxylic acids is 2. The van der Waals surface area contributed by atoms with Crippen molar-refractivity contribution in [1.29, 1.82) is 0 Å².